The molecular weight excluding hydrogens is 228 g/mol. The van der Waals surface area contributed by atoms with E-state index in [9.17, 15) is 0 Å². The molecular formula is C14H20N2S. The highest BCUT2D eigenvalue weighted by atomic mass is 32.1. The van der Waals surface area contributed by atoms with Crippen LogP contribution in [0.2, 0.25) is 0 Å². The predicted molar refractivity (Wildman–Crippen MR) is 77.5 cm³/mol. The first-order chi connectivity index (χ1) is 8.06. The van der Waals surface area contributed by atoms with Crippen molar-refractivity contribution in [3.8, 4) is 0 Å². The van der Waals surface area contributed by atoms with E-state index >= 15 is 0 Å². The summed E-state index contributed by atoms with van der Waals surface area (Å²) in [5.41, 5.74) is 9.03. The zero-order valence-electron chi connectivity index (χ0n) is 10.5. The quantitative estimate of drug-likeness (QED) is 0.807. The van der Waals surface area contributed by atoms with Crippen molar-refractivity contribution < 1.29 is 0 Å². The maximum atomic E-state index is 5.78. The Morgan fingerprint density at radius 2 is 2.18 bits per heavy atom. The van der Waals surface area contributed by atoms with Crippen LogP contribution in [0.5, 0.6) is 0 Å². The molecule has 1 aromatic rings. The highest BCUT2D eigenvalue weighted by molar-refractivity contribution is 7.80. The first-order valence-corrected chi connectivity index (χ1v) is 6.64. The molecule has 3 N–H and O–H groups in total. The molecule has 0 spiro atoms. The molecule has 92 valence electrons. The van der Waals surface area contributed by atoms with Gasteiger partial charge in [-0.1, -0.05) is 30.8 Å². The third-order valence-corrected chi connectivity index (χ3v) is 3.71. The fourth-order valence-electron chi connectivity index (χ4n) is 2.55. The lowest BCUT2D eigenvalue weighted by atomic mass is 10.1. The third-order valence-electron chi connectivity index (χ3n) is 3.49. The van der Waals surface area contributed by atoms with Crippen LogP contribution >= 0.6 is 12.2 Å². The summed E-state index contributed by atoms with van der Waals surface area (Å²) >= 11 is 5.11. The van der Waals surface area contributed by atoms with Gasteiger partial charge in [0, 0.05) is 17.3 Å². The standard InChI is InChI=1S/C14H20N2S/c1-9-3-5-11(7-9)16-13-6-4-10(2)8-12(13)14(15)17/h4,6,8-9,11,16H,3,5,7H2,1-2H3,(H2,15,17). The summed E-state index contributed by atoms with van der Waals surface area (Å²) in [6.45, 7) is 4.37. The fraction of sp³-hybridized carbons (Fsp3) is 0.500. The smallest absolute Gasteiger partial charge is 0.106 e. The highest BCUT2D eigenvalue weighted by Crippen LogP contribution is 2.28. The van der Waals surface area contributed by atoms with Crippen molar-refractivity contribution in [1.29, 1.82) is 0 Å². The molecule has 3 heteroatoms. The average Bonchev–Trinajstić information content (AvgIpc) is 2.66. The van der Waals surface area contributed by atoms with Crippen molar-refractivity contribution in [2.24, 2.45) is 11.7 Å². The van der Waals surface area contributed by atoms with E-state index in [1.807, 2.05) is 0 Å². The maximum Gasteiger partial charge on any atom is 0.106 e. The van der Waals surface area contributed by atoms with Crippen LogP contribution in [-0.4, -0.2) is 11.0 Å². The summed E-state index contributed by atoms with van der Waals surface area (Å²) in [7, 11) is 0. The second-order valence-corrected chi connectivity index (χ2v) is 5.61. The number of thiocarbonyl (C=S) groups is 1. The van der Waals surface area contributed by atoms with E-state index < -0.39 is 0 Å². The van der Waals surface area contributed by atoms with Gasteiger partial charge in [0.15, 0.2) is 0 Å². The lowest BCUT2D eigenvalue weighted by molar-refractivity contribution is 0.602. The van der Waals surface area contributed by atoms with E-state index in [2.05, 4.69) is 37.4 Å². The molecule has 1 saturated carbocycles. The molecule has 2 atom stereocenters. The average molecular weight is 248 g/mol. The van der Waals surface area contributed by atoms with Gasteiger partial charge >= 0.3 is 0 Å². The normalized spacial score (nSPS) is 23.6. The molecule has 0 radical (unpaired) electrons. The van der Waals surface area contributed by atoms with E-state index in [1.54, 1.807) is 0 Å². The van der Waals surface area contributed by atoms with Crippen LogP contribution in [0.15, 0.2) is 18.2 Å². The van der Waals surface area contributed by atoms with Gasteiger partial charge in [-0.05, 0) is 44.2 Å². The zero-order chi connectivity index (χ0) is 12.4. The molecule has 1 aliphatic carbocycles. The second kappa shape index (κ2) is 5.05. The summed E-state index contributed by atoms with van der Waals surface area (Å²) < 4.78 is 0. The second-order valence-electron chi connectivity index (χ2n) is 5.17. The zero-order valence-corrected chi connectivity index (χ0v) is 11.3. The summed E-state index contributed by atoms with van der Waals surface area (Å²) in [6, 6.07) is 6.82. The molecule has 1 aliphatic rings. The van der Waals surface area contributed by atoms with Gasteiger partial charge in [-0.3, -0.25) is 0 Å². The Hall–Kier alpha value is -1.09. The van der Waals surface area contributed by atoms with Gasteiger partial charge in [-0.2, -0.15) is 0 Å². The first kappa shape index (κ1) is 12.4. The van der Waals surface area contributed by atoms with Crippen LogP contribution in [0.4, 0.5) is 5.69 Å². The molecule has 2 nitrogen and oxygen atoms in total. The number of nitrogens with one attached hydrogen (secondary N) is 1. The number of benzene rings is 1. The van der Waals surface area contributed by atoms with Crippen molar-refractivity contribution >= 4 is 22.9 Å². The lowest BCUT2D eigenvalue weighted by Crippen LogP contribution is -2.19. The summed E-state index contributed by atoms with van der Waals surface area (Å²) in [5, 5.41) is 3.58. The molecule has 1 aromatic carbocycles. The molecule has 0 bridgehead atoms. The molecule has 2 unspecified atom stereocenters. The monoisotopic (exact) mass is 248 g/mol. The van der Waals surface area contributed by atoms with Crippen LogP contribution in [-0.2, 0) is 0 Å². The molecule has 2 rings (SSSR count). The molecule has 1 fully saturated rings. The largest absolute Gasteiger partial charge is 0.389 e. The Morgan fingerprint density at radius 3 is 2.76 bits per heavy atom. The van der Waals surface area contributed by atoms with Crippen LogP contribution < -0.4 is 11.1 Å². The van der Waals surface area contributed by atoms with Crippen molar-refractivity contribution in [2.45, 2.75) is 39.2 Å². The van der Waals surface area contributed by atoms with E-state index in [0.29, 0.717) is 11.0 Å². The summed E-state index contributed by atoms with van der Waals surface area (Å²) in [5.74, 6) is 0.825. The van der Waals surface area contributed by atoms with Gasteiger partial charge in [0.2, 0.25) is 0 Å². The van der Waals surface area contributed by atoms with Gasteiger partial charge in [-0.25, -0.2) is 0 Å². The Morgan fingerprint density at radius 1 is 1.41 bits per heavy atom. The van der Waals surface area contributed by atoms with E-state index in [4.69, 9.17) is 18.0 Å². The van der Waals surface area contributed by atoms with Crippen molar-refractivity contribution in [3.05, 3.63) is 29.3 Å². The molecule has 0 aromatic heterocycles. The van der Waals surface area contributed by atoms with Crippen LogP contribution in [0.25, 0.3) is 0 Å². The van der Waals surface area contributed by atoms with Crippen molar-refractivity contribution in [1.82, 2.24) is 0 Å². The highest BCUT2D eigenvalue weighted by Gasteiger charge is 2.21. The minimum Gasteiger partial charge on any atom is -0.389 e. The third kappa shape index (κ3) is 2.97. The number of hydrogen-bond donors (Lipinski definition) is 2. The Labute approximate surface area is 109 Å². The number of hydrogen-bond acceptors (Lipinski definition) is 2. The van der Waals surface area contributed by atoms with Crippen LogP contribution in [0, 0.1) is 12.8 Å². The maximum absolute atomic E-state index is 5.78. The molecule has 0 saturated heterocycles. The van der Waals surface area contributed by atoms with Gasteiger partial charge in [0.05, 0.1) is 0 Å². The molecule has 0 heterocycles. The summed E-state index contributed by atoms with van der Waals surface area (Å²) in [6.07, 6.45) is 3.79. The molecule has 17 heavy (non-hydrogen) atoms. The van der Waals surface area contributed by atoms with Crippen LogP contribution in [0.1, 0.15) is 37.3 Å². The molecule has 0 aliphatic heterocycles. The number of nitrogens with two attached hydrogens (primary N) is 1. The van der Waals surface area contributed by atoms with Gasteiger partial charge in [-0.15, -0.1) is 0 Å². The molecule has 0 amide bonds. The lowest BCUT2D eigenvalue weighted by Gasteiger charge is -2.17. The van der Waals surface area contributed by atoms with E-state index in [0.717, 1.165) is 17.2 Å². The van der Waals surface area contributed by atoms with Gasteiger partial charge < -0.3 is 11.1 Å². The Bertz CT molecular complexity index is 428. The van der Waals surface area contributed by atoms with Crippen molar-refractivity contribution in [3.63, 3.8) is 0 Å². The number of aryl methyl sites for hydroxylation is 1. The minimum absolute atomic E-state index is 0.474. The van der Waals surface area contributed by atoms with E-state index in [-0.39, 0.29) is 0 Å². The summed E-state index contributed by atoms with van der Waals surface area (Å²) in [4.78, 5) is 0.474. The first-order valence-electron chi connectivity index (χ1n) is 6.23. The van der Waals surface area contributed by atoms with Gasteiger partial charge in [0.1, 0.15) is 4.99 Å². The van der Waals surface area contributed by atoms with Crippen LogP contribution in [0.3, 0.4) is 0 Å². The number of rotatable bonds is 3. The van der Waals surface area contributed by atoms with Crippen molar-refractivity contribution in [2.75, 3.05) is 5.32 Å². The van der Waals surface area contributed by atoms with Gasteiger partial charge in [0.25, 0.3) is 0 Å². The fourth-order valence-corrected chi connectivity index (χ4v) is 2.71. The Kier molecular flexibility index (Phi) is 3.67. The minimum atomic E-state index is 0.474. The topological polar surface area (TPSA) is 38.0 Å². The predicted octanol–water partition coefficient (Wildman–Crippen LogP) is 3.23. The SMILES string of the molecule is Cc1ccc(NC2CCC(C)C2)c(C(N)=S)c1. The Balaban J connectivity index is 2.17. The number of anilines is 1. The van der Waals surface area contributed by atoms with E-state index in [1.165, 1.54) is 24.8 Å².